The lowest BCUT2D eigenvalue weighted by Crippen LogP contribution is -2.24. The summed E-state index contributed by atoms with van der Waals surface area (Å²) < 4.78 is 1.66. The summed E-state index contributed by atoms with van der Waals surface area (Å²) in [7, 11) is 0. The Kier molecular flexibility index (Phi) is 3.24. The molecule has 0 aliphatic heterocycles. The van der Waals surface area contributed by atoms with Crippen molar-refractivity contribution in [3.05, 3.63) is 60.3 Å². The van der Waals surface area contributed by atoms with E-state index < -0.39 is 0 Å². The number of H-pyrrole nitrogens is 1. The first kappa shape index (κ1) is 12.1. The van der Waals surface area contributed by atoms with Crippen LogP contribution in [0, 0.1) is 0 Å². The lowest BCUT2D eigenvalue weighted by Gasteiger charge is -2.09. The fraction of sp³-hybridized carbons (Fsp3) is 0.0769. The van der Waals surface area contributed by atoms with Crippen LogP contribution < -0.4 is 5.32 Å². The second-order valence-electron chi connectivity index (χ2n) is 4.09. The van der Waals surface area contributed by atoms with Crippen molar-refractivity contribution in [2.45, 2.75) is 6.54 Å². The van der Waals surface area contributed by atoms with Crippen LogP contribution in [0.15, 0.2) is 49.1 Å². The summed E-state index contributed by atoms with van der Waals surface area (Å²) in [6.45, 7) is 0.362. The smallest absolute Gasteiger partial charge is 0.269 e. The molecule has 3 aromatic heterocycles. The summed E-state index contributed by atoms with van der Waals surface area (Å²) >= 11 is 0. The van der Waals surface area contributed by atoms with E-state index in [0.29, 0.717) is 18.1 Å². The molecule has 7 heteroatoms. The van der Waals surface area contributed by atoms with Crippen molar-refractivity contribution in [1.29, 1.82) is 0 Å². The third-order valence-corrected chi connectivity index (χ3v) is 2.77. The molecule has 0 saturated heterocycles. The van der Waals surface area contributed by atoms with Gasteiger partial charge in [-0.25, -0.2) is 9.67 Å². The number of aromatic nitrogens is 5. The van der Waals surface area contributed by atoms with Gasteiger partial charge in [0.05, 0.1) is 0 Å². The Balaban J connectivity index is 1.77. The first-order chi connectivity index (χ1) is 9.84. The highest BCUT2D eigenvalue weighted by Crippen LogP contribution is 2.10. The number of rotatable bonds is 4. The summed E-state index contributed by atoms with van der Waals surface area (Å²) in [6, 6.07) is 7.16. The molecule has 3 rings (SSSR count). The van der Waals surface area contributed by atoms with E-state index in [1.54, 1.807) is 23.1 Å². The van der Waals surface area contributed by atoms with Gasteiger partial charge < -0.3 is 5.32 Å². The maximum atomic E-state index is 11.9. The Bertz CT molecular complexity index is 689. The van der Waals surface area contributed by atoms with E-state index in [4.69, 9.17) is 0 Å². The predicted octanol–water partition coefficient (Wildman–Crippen LogP) is 0.920. The first-order valence-electron chi connectivity index (χ1n) is 6.06. The van der Waals surface area contributed by atoms with Gasteiger partial charge in [-0.1, -0.05) is 6.07 Å². The van der Waals surface area contributed by atoms with Crippen molar-refractivity contribution in [2.24, 2.45) is 0 Å². The molecule has 100 valence electrons. The predicted molar refractivity (Wildman–Crippen MR) is 71.1 cm³/mol. The number of aromatic amines is 1. The average Bonchev–Trinajstić information content (AvgIpc) is 3.17. The zero-order valence-electron chi connectivity index (χ0n) is 10.5. The number of carbonyl (C=O) groups is 1. The van der Waals surface area contributed by atoms with Crippen molar-refractivity contribution >= 4 is 5.91 Å². The Morgan fingerprint density at radius 3 is 2.95 bits per heavy atom. The minimum atomic E-state index is -0.210. The van der Waals surface area contributed by atoms with Gasteiger partial charge in [-0.15, -0.1) is 0 Å². The first-order valence-corrected chi connectivity index (χ1v) is 6.06. The highest BCUT2D eigenvalue weighted by molar-refractivity contribution is 5.92. The normalized spacial score (nSPS) is 10.4. The quantitative estimate of drug-likeness (QED) is 0.736. The summed E-state index contributed by atoms with van der Waals surface area (Å²) in [5.74, 6) is 0.486. The Labute approximate surface area is 114 Å². The second kappa shape index (κ2) is 5.35. The molecule has 0 aliphatic rings. The van der Waals surface area contributed by atoms with Gasteiger partial charge in [0.1, 0.15) is 5.69 Å². The molecule has 3 heterocycles. The van der Waals surface area contributed by atoms with Gasteiger partial charge in [-0.2, -0.15) is 10.2 Å². The molecule has 0 spiro atoms. The van der Waals surface area contributed by atoms with Crippen LogP contribution >= 0.6 is 0 Å². The molecule has 7 nitrogen and oxygen atoms in total. The van der Waals surface area contributed by atoms with E-state index in [2.05, 4.69) is 25.6 Å². The van der Waals surface area contributed by atoms with Crippen LogP contribution in [-0.4, -0.2) is 30.9 Å². The lowest BCUT2D eigenvalue weighted by molar-refractivity contribution is 0.0946. The molecule has 0 aromatic carbocycles. The summed E-state index contributed by atoms with van der Waals surface area (Å²) in [5, 5.41) is 13.3. The van der Waals surface area contributed by atoms with Crippen molar-refractivity contribution in [1.82, 2.24) is 30.3 Å². The molecule has 0 unspecified atom stereocenters. The average molecular weight is 268 g/mol. The van der Waals surface area contributed by atoms with Crippen molar-refractivity contribution < 1.29 is 4.79 Å². The Morgan fingerprint density at radius 2 is 2.20 bits per heavy atom. The summed E-state index contributed by atoms with van der Waals surface area (Å²) in [5.41, 5.74) is 1.30. The van der Waals surface area contributed by atoms with Gasteiger partial charge in [0, 0.05) is 36.9 Å². The molecule has 2 N–H and O–H groups in total. The van der Waals surface area contributed by atoms with E-state index >= 15 is 0 Å². The van der Waals surface area contributed by atoms with Crippen LogP contribution in [0.3, 0.4) is 0 Å². The largest absolute Gasteiger partial charge is 0.347 e. The Morgan fingerprint density at radius 1 is 1.25 bits per heavy atom. The summed E-state index contributed by atoms with van der Waals surface area (Å²) in [4.78, 5) is 16.1. The monoisotopic (exact) mass is 268 g/mol. The molecule has 0 saturated carbocycles. The molecule has 1 amide bonds. The lowest BCUT2D eigenvalue weighted by atomic mass is 10.2. The molecule has 0 atom stereocenters. The van der Waals surface area contributed by atoms with Crippen LogP contribution in [-0.2, 0) is 6.54 Å². The van der Waals surface area contributed by atoms with Crippen LogP contribution in [0.25, 0.3) is 5.82 Å². The number of pyridine rings is 1. The van der Waals surface area contributed by atoms with Gasteiger partial charge in [0.25, 0.3) is 5.91 Å². The van der Waals surface area contributed by atoms with Gasteiger partial charge in [0.2, 0.25) is 0 Å². The number of nitrogens with one attached hydrogen (secondary N) is 2. The van der Waals surface area contributed by atoms with E-state index in [9.17, 15) is 4.79 Å². The van der Waals surface area contributed by atoms with Crippen molar-refractivity contribution in [3.8, 4) is 5.82 Å². The standard InChI is InChI=1S/C13H12N6O/c20-13(11-4-7-16-18-11)15-9-10-3-1-5-14-12(10)19-8-2-6-17-19/h1-8H,9H2,(H,15,20)(H,16,18). The van der Waals surface area contributed by atoms with Crippen molar-refractivity contribution in [2.75, 3.05) is 0 Å². The van der Waals surface area contributed by atoms with Crippen LogP contribution in [0.4, 0.5) is 0 Å². The third-order valence-electron chi connectivity index (χ3n) is 2.77. The fourth-order valence-electron chi connectivity index (χ4n) is 1.82. The summed E-state index contributed by atoms with van der Waals surface area (Å²) in [6.07, 6.45) is 6.72. The van der Waals surface area contributed by atoms with Gasteiger partial charge in [-0.05, 0) is 18.2 Å². The molecular weight excluding hydrogens is 256 g/mol. The van der Waals surface area contributed by atoms with E-state index in [1.165, 1.54) is 6.20 Å². The minimum absolute atomic E-state index is 0.210. The zero-order valence-corrected chi connectivity index (χ0v) is 10.5. The van der Waals surface area contributed by atoms with Crippen molar-refractivity contribution in [3.63, 3.8) is 0 Å². The molecule has 0 fully saturated rings. The van der Waals surface area contributed by atoms with Gasteiger partial charge in [0.15, 0.2) is 5.82 Å². The SMILES string of the molecule is O=C(NCc1cccnc1-n1cccn1)c1ccn[nH]1. The number of hydrogen-bond donors (Lipinski definition) is 2. The highest BCUT2D eigenvalue weighted by Gasteiger charge is 2.09. The number of nitrogens with zero attached hydrogens (tertiary/aromatic N) is 4. The number of hydrogen-bond acceptors (Lipinski definition) is 4. The zero-order chi connectivity index (χ0) is 13.8. The van der Waals surface area contributed by atoms with Gasteiger partial charge >= 0.3 is 0 Å². The maximum absolute atomic E-state index is 11.9. The van der Waals surface area contributed by atoms with Crippen LogP contribution in [0.2, 0.25) is 0 Å². The van der Waals surface area contributed by atoms with E-state index in [1.807, 2.05) is 24.4 Å². The van der Waals surface area contributed by atoms with Crippen LogP contribution in [0.1, 0.15) is 16.1 Å². The minimum Gasteiger partial charge on any atom is -0.347 e. The Hall–Kier alpha value is -2.96. The molecular formula is C13H12N6O. The van der Waals surface area contributed by atoms with E-state index in [-0.39, 0.29) is 5.91 Å². The van der Waals surface area contributed by atoms with E-state index in [0.717, 1.165) is 5.56 Å². The highest BCUT2D eigenvalue weighted by atomic mass is 16.1. The third kappa shape index (κ3) is 2.41. The van der Waals surface area contributed by atoms with Gasteiger partial charge in [-0.3, -0.25) is 9.89 Å². The maximum Gasteiger partial charge on any atom is 0.269 e. The molecule has 0 radical (unpaired) electrons. The molecule has 3 aromatic rings. The van der Waals surface area contributed by atoms with Crippen LogP contribution in [0.5, 0.6) is 0 Å². The molecule has 0 aliphatic carbocycles. The number of amides is 1. The molecule has 20 heavy (non-hydrogen) atoms. The molecule has 0 bridgehead atoms. The number of carbonyl (C=O) groups excluding carboxylic acids is 1. The second-order valence-corrected chi connectivity index (χ2v) is 4.09. The topological polar surface area (TPSA) is 88.5 Å². The fourth-order valence-corrected chi connectivity index (χ4v) is 1.82.